The average molecular weight is 494 g/mol. The largest absolute Gasteiger partial charge is 0.494 e. The van der Waals surface area contributed by atoms with E-state index in [-0.39, 0.29) is 41.0 Å². The quantitative estimate of drug-likeness (QED) is 0.427. The minimum absolute atomic E-state index is 0. The molecule has 6 nitrogen and oxygen atoms in total. The number of nitrogens with zero attached hydrogens (tertiary/aromatic N) is 3. The molecule has 1 unspecified atom stereocenters. The average Bonchev–Trinajstić information content (AvgIpc) is 2.67. The molecule has 2 aromatic carbocycles. The van der Waals surface area contributed by atoms with E-state index in [1.807, 2.05) is 0 Å². The zero-order valence-corrected chi connectivity index (χ0v) is 18.4. The molecule has 1 aliphatic heterocycles. The number of nitrogens with two attached hydrogens (primary N) is 2. The van der Waals surface area contributed by atoms with Crippen molar-refractivity contribution >= 4 is 47.7 Å². The molecule has 168 valence electrons. The lowest BCUT2D eigenvalue weighted by atomic mass is 10.1. The molecule has 0 aliphatic carbocycles. The Morgan fingerprint density at radius 1 is 1.06 bits per heavy atom. The smallest absolute Gasteiger partial charge is 0.446 e. The van der Waals surface area contributed by atoms with Crippen molar-refractivity contribution in [3.63, 3.8) is 0 Å². The van der Waals surface area contributed by atoms with Crippen LogP contribution in [0.3, 0.4) is 0 Å². The molecular weight excluding hydrogens is 474 g/mol. The number of rotatable bonds is 7. The topological polar surface area (TPSA) is 89.2 Å². The molecule has 2 aromatic rings. The highest BCUT2D eigenvalue weighted by atomic mass is 35.5. The van der Waals surface area contributed by atoms with Crippen LogP contribution in [0, 0.1) is 0 Å². The predicted octanol–water partition coefficient (Wildman–Crippen LogP) is 4.79. The third-order valence-electron chi connectivity index (χ3n) is 4.11. The Kier molecular flexibility index (Phi) is 8.72. The standard InChI is InChI=1S/C19H19ClF3N5OS.ClH/c20-13-4-6-14(7-5-13)29-11-1-10-28-16(26-17(24)27-18(28)25)12-2-8-15(9-3-12)30-19(21,22)23;/h2-9,16H,1,10-11H2,(H4,24,25,26,27);1H. The lowest BCUT2D eigenvalue weighted by Gasteiger charge is -2.32. The van der Waals surface area contributed by atoms with Gasteiger partial charge in [-0.25, -0.2) is 4.99 Å². The maximum Gasteiger partial charge on any atom is 0.446 e. The first kappa shape index (κ1) is 25.0. The SMILES string of the molecule is Cl.NC1=NC(c2ccc(SC(F)(F)F)cc2)N(CCCOc2ccc(Cl)cc2)C(N)=N1. The fourth-order valence-corrected chi connectivity index (χ4v) is 3.48. The lowest BCUT2D eigenvalue weighted by molar-refractivity contribution is -0.0328. The van der Waals surface area contributed by atoms with Gasteiger partial charge < -0.3 is 21.1 Å². The summed E-state index contributed by atoms with van der Waals surface area (Å²) in [4.78, 5) is 10.1. The van der Waals surface area contributed by atoms with Crippen LogP contribution in [-0.4, -0.2) is 35.5 Å². The highest BCUT2D eigenvalue weighted by Gasteiger charge is 2.30. The molecule has 0 aromatic heterocycles. The molecule has 0 amide bonds. The van der Waals surface area contributed by atoms with Crippen molar-refractivity contribution in [2.75, 3.05) is 13.2 Å². The molecule has 0 saturated heterocycles. The summed E-state index contributed by atoms with van der Waals surface area (Å²) in [6.45, 7) is 0.877. The van der Waals surface area contributed by atoms with Crippen LogP contribution < -0.4 is 16.2 Å². The van der Waals surface area contributed by atoms with Gasteiger partial charge in [0.1, 0.15) is 5.75 Å². The molecule has 1 atom stereocenters. The first-order chi connectivity index (χ1) is 14.2. The second-order valence-electron chi connectivity index (χ2n) is 6.30. The zero-order chi connectivity index (χ0) is 21.7. The van der Waals surface area contributed by atoms with E-state index in [4.69, 9.17) is 27.8 Å². The number of benzene rings is 2. The van der Waals surface area contributed by atoms with Crippen molar-refractivity contribution in [2.45, 2.75) is 23.0 Å². The Morgan fingerprint density at radius 2 is 1.71 bits per heavy atom. The predicted molar refractivity (Wildman–Crippen MR) is 120 cm³/mol. The summed E-state index contributed by atoms with van der Waals surface area (Å²) < 4.78 is 43.3. The van der Waals surface area contributed by atoms with Gasteiger partial charge in [0.15, 0.2) is 6.17 Å². The number of alkyl halides is 3. The minimum atomic E-state index is -4.35. The molecular formula is C19H20Cl2F3N5OS. The second-order valence-corrected chi connectivity index (χ2v) is 7.87. The fraction of sp³-hybridized carbons (Fsp3) is 0.263. The van der Waals surface area contributed by atoms with Crippen LogP contribution in [-0.2, 0) is 0 Å². The monoisotopic (exact) mass is 493 g/mol. The molecule has 0 fully saturated rings. The molecule has 0 spiro atoms. The van der Waals surface area contributed by atoms with E-state index >= 15 is 0 Å². The van der Waals surface area contributed by atoms with Crippen molar-refractivity contribution in [3.05, 3.63) is 59.1 Å². The minimum Gasteiger partial charge on any atom is -0.494 e. The highest BCUT2D eigenvalue weighted by Crippen LogP contribution is 2.37. The Bertz CT molecular complexity index is 924. The Hall–Kier alpha value is -2.30. The van der Waals surface area contributed by atoms with Crippen LogP contribution in [0.2, 0.25) is 5.02 Å². The maximum absolute atomic E-state index is 12.5. The molecule has 0 saturated carbocycles. The molecule has 0 bridgehead atoms. The van der Waals surface area contributed by atoms with Gasteiger partial charge in [0.2, 0.25) is 11.9 Å². The molecule has 0 radical (unpaired) electrons. The number of hydrogen-bond donors (Lipinski definition) is 2. The van der Waals surface area contributed by atoms with Gasteiger partial charge >= 0.3 is 5.51 Å². The van der Waals surface area contributed by atoms with Crippen molar-refractivity contribution in [1.82, 2.24) is 4.90 Å². The van der Waals surface area contributed by atoms with Gasteiger partial charge in [0.05, 0.1) is 6.61 Å². The van der Waals surface area contributed by atoms with Crippen LogP contribution in [0.25, 0.3) is 0 Å². The molecule has 4 N–H and O–H groups in total. The van der Waals surface area contributed by atoms with Gasteiger partial charge in [0, 0.05) is 16.5 Å². The summed E-state index contributed by atoms with van der Waals surface area (Å²) in [5.41, 5.74) is 8.07. The first-order valence-corrected chi connectivity index (χ1v) is 10.1. The summed E-state index contributed by atoms with van der Waals surface area (Å²) in [6.07, 6.45) is 0.0234. The normalized spacial score (nSPS) is 16.3. The van der Waals surface area contributed by atoms with E-state index in [1.165, 1.54) is 12.1 Å². The molecule has 12 heteroatoms. The van der Waals surface area contributed by atoms with Crippen LogP contribution in [0.15, 0.2) is 63.4 Å². The van der Waals surface area contributed by atoms with Crippen LogP contribution in [0.1, 0.15) is 18.2 Å². The summed E-state index contributed by atoms with van der Waals surface area (Å²) >= 11 is 5.68. The van der Waals surface area contributed by atoms with Crippen molar-refractivity contribution in [2.24, 2.45) is 21.5 Å². The van der Waals surface area contributed by atoms with Gasteiger partial charge in [-0.3, -0.25) is 0 Å². The maximum atomic E-state index is 12.5. The van der Waals surface area contributed by atoms with E-state index < -0.39 is 11.7 Å². The molecule has 3 rings (SSSR count). The summed E-state index contributed by atoms with van der Waals surface area (Å²) in [6, 6.07) is 12.9. The first-order valence-electron chi connectivity index (χ1n) is 8.89. The van der Waals surface area contributed by atoms with Gasteiger partial charge in [-0.2, -0.15) is 18.2 Å². The van der Waals surface area contributed by atoms with E-state index in [0.717, 1.165) is 0 Å². The fourth-order valence-electron chi connectivity index (χ4n) is 2.82. The Labute approximate surface area is 192 Å². The van der Waals surface area contributed by atoms with Crippen molar-refractivity contribution in [3.8, 4) is 5.75 Å². The van der Waals surface area contributed by atoms with E-state index in [9.17, 15) is 13.2 Å². The number of thioether (sulfide) groups is 1. The van der Waals surface area contributed by atoms with E-state index in [2.05, 4.69) is 9.98 Å². The van der Waals surface area contributed by atoms with Gasteiger partial charge in [-0.05, 0) is 60.1 Å². The van der Waals surface area contributed by atoms with Gasteiger partial charge in [-0.1, -0.05) is 23.7 Å². The van der Waals surface area contributed by atoms with Crippen LogP contribution in [0.5, 0.6) is 5.75 Å². The second kappa shape index (κ2) is 10.8. The highest BCUT2D eigenvalue weighted by molar-refractivity contribution is 8.00. The molecule has 1 aliphatic rings. The van der Waals surface area contributed by atoms with E-state index in [0.29, 0.717) is 35.9 Å². The third-order valence-corrected chi connectivity index (χ3v) is 5.10. The molecule has 31 heavy (non-hydrogen) atoms. The Balaban J connectivity index is 0.00000341. The van der Waals surface area contributed by atoms with Crippen LogP contribution >= 0.6 is 35.8 Å². The number of aliphatic imine (C=N–C) groups is 2. The number of ether oxygens (including phenoxy) is 1. The Morgan fingerprint density at radius 3 is 2.32 bits per heavy atom. The summed E-state index contributed by atoms with van der Waals surface area (Å²) in [5.74, 6) is 0.892. The zero-order valence-electron chi connectivity index (χ0n) is 16.1. The van der Waals surface area contributed by atoms with Crippen molar-refractivity contribution in [1.29, 1.82) is 0 Å². The number of hydrogen-bond acceptors (Lipinski definition) is 7. The summed E-state index contributed by atoms with van der Waals surface area (Å²) in [5, 5.41) is 0.623. The number of halogens is 5. The third kappa shape index (κ3) is 7.41. The lowest BCUT2D eigenvalue weighted by Crippen LogP contribution is -2.44. The van der Waals surface area contributed by atoms with Crippen molar-refractivity contribution < 1.29 is 17.9 Å². The summed E-state index contributed by atoms with van der Waals surface area (Å²) in [7, 11) is 0. The molecule has 1 heterocycles. The van der Waals surface area contributed by atoms with Gasteiger partial charge in [-0.15, -0.1) is 12.4 Å². The van der Waals surface area contributed by atoms with Crippen LogP contribution in [0.4, 0.5) is 13.2 Å². The van der Waals surface area contributed by atoms with Gasteiger partial charge in [0.25, 0.3) is 0 Å². The van der Waals surface area contributed by atoms with E-state index in [1.54, 1.807) is 41.3 Å². The number of guanidine groups is 2.